The summed E-state index contributed by atoms with van der Waals surface area (Å²) < 4.78 is 0. The van der Waals surface area contributed by atoms with Crippen LogP contribution < -0.4 is 4.90 Å². The number of carbonyl (C=O) groups excluding carboxylic acids is 1. The lowest BCUT2D eigenvalue weighted by molar-refractivity contribution is 0.0736. The van der Waals surface area contributed by atoms with E-state index in [9.17, 15) is 4.79 Å². The molecule has 0 unspecified atom stereocenters. The zero-order valence-electron chi connectivity index (χ0n) is 11.8. The zero-order valence-corrected chi connectivity index (χ0v) is 12.6. The Bertz CT molecular complexity index is 633. The molecule has 1 aliphatic heterocycles. The molecule has 104 valence electrons. The topological polar surface area (TPSA) is 23.6 Å². The van der Waals surface area contributed by atoms with Crippen LogP contribution in [0.5, 0.6) is 0 Å². The number of benzene rings is 1. The highest BCUT2D eigenvalue weighted by molar-refractivity contribution is 7.10. The van der Waals surface area contributed by atoms with Crippen molar-refractivity contribution in [2.75, 3.05) is 25.5 Å². The largest absolute Gasteiger partial charge is 0.378 e. The molecule has 0 fully saturated rings. The van der Waals surface area contributed by atoms with Gasteiger partial charge in [-0.05, 0) is 41.6 Å². The van der Waals surface area contributed by atoms with Gasteiger partial charge in [-0.15, -0.1) is 11.3 Å². The van der Waals surface area contributed by atoms with Crippen LogP contribution in [0.3, 0.4) is 0 Å². The number of anilines is 1. The van der Waals surface area contributed by atoms with E-state index in [1.54, 1.807) is 11.3 Å². The van der Waals surface area contributed by atoms with Gasteiger partial charge in [0.15, 0.2) is 0 Å². The first-order chi connectivity index (χ1) is 9.65. The molecule has 3 nitrogen and oxygen atoms in total. The van der Waals surface area contributed by atoms with Crippen LogP contribution in [0.2, 0.25) is 0 Å². The number of nitrogens with zero attached hydrogens (tertiary/aromatic N) is 2. The minimum absolute atomic E-state index is 0.130. The monoisotopic (exact) mass is 286 g/mol. The molecule has 20 heavy (non-hydrogen) atoms. The molecule has 0 saturated carbocycles. The summed E-state index contributed by atoms with van der Waals surface area (Å²) in [6.45, 7) is 1.56. The number of amides is 1. The quantitative estimate of drug-likeness (QED) is 0.847. The Morgan fingerprint density at radius 3 is 2.95 bits per heavy atom. The van der Waals surface area contributed by atoms with Gasteiger partial charge in [-0.2, -0.15) is 0 Å². The van der Waals surface area contributed by atoms with Crippen molar-refractivity contribution in [1.29, 1.82) is 0 Å². The van der Waals surface area contributed by atoms with E-state index in [2.05, 4.69) is 11.4 Å². The third kappa shape index (κ3) is 2.43. The summed E-state index contributed by atoms with van der Waals surface area (Å²) in [5.74, 6) is 0.130. The van der Waals surface area contributed by atoms with Crippen LogP contribution in [0.15, 0.2) is 35.7 Å². The van der Waals surface area contributed by atoms with Crippen molar-refractivity contribution >= 4 is 22.9 Å². The van der Waals surface area contributed by atoms with Crippen molar-refractivity contribution < 1.29 is 4.79 Å². The minimum Gasteiger partial charge on any atom is -0.378 e. The van der Waals surface area contributed by atoms with Crippen molar-refractivity contribution in [3.63, 3.8) is 0 Å². The van der Waals surface area contributed by atoms with Crippen LogP contribution in [-0.4, -0.2) is 31.4 Å². The standard InChI is InChI=1S/C16H18N2OS/c1-17(2)14-5-3-4-12(10-14)16(19)18-8-6-15-13(11-18)7-9-20-15/h3-5,7,9-10H,6,8,11H2,1-2H3. The van der Waals surface area contributed by atoms with Gasteiger partial charge in [0.1, 0.15) is 0 Å². The summed E-state index contributed by atoms with van der Waals surface area (Å²) in [5, 5.41) is 2.12. The summed E-state index contributed by atoms with van der Waals surface area (Å²) >= 11 is 1.80. The number of thiophene rings is 1. The fourth-order valence-corrected chi connectivity index (χ4v) is 3.41. The van der Waals surface area contributed by atoms with Gasteiger partial charge in [-0.1, -0.05) is 6.07 Å². The first kappa shape index (κ1) is 13.2. The van der Waals surface area contributed by atoms with Gasteiger partial charge in [-0.3, -0.25) is 4.79 Å². The van der Waals surface area contributed by atoms with Crippen LogP contribution in [0, 0.1) is 0 Å². The van der Waals surface area contributed by atoms with Crippen molar-refractivity contribution in [2.24, 2.45) is 0 Å². The maximum Gasteiger partial charge on any atom is 0.254 e. The second-order valence-corrected chi connectivity index (χ2v) is 6.29. The first-order valence-electron chi connectivity index (χ1n) is 6.77. The number of rotatable bonds is 2. The van der Waals surface area contributed by atoms with Gasteiger partial charge in [0.05, 0.1) is 0 Å². The Balaban J connectivity index is 1.81. The Morgan fingerprint density at radius 2 is 2.15 bits per heavy atom. The van der Waals surface area contributed by atoms with Crippen molar-refractivity contribution in [2.45, 2.75) is 13.0 Å². The summed E-state index contributed by atoms with van der Waals surface area (Å²) in [6.07, 6.45) is 0.978. The smallest absolute Gasteiger partial charge is 0.254 e. The lowest BCUT2D eigenvalue weighted by atomic mass is 10.1. The molecule has 1 aliphatic rings. The third-order valence-corrected chi connectivity index (χ3v) is 4.73. The molecule has 2 heterocycles. The summed E-state index contributed by atoms with van der Waals surface area (Å²) in [7, 11) is 3.98. The van der Waals surface area contributed by atoms with Crippen LogP contribution in [0.25, 0.3) is 0 Å². The van der Waals surface area contributed by atoms with Gasteiger partial charge in [-0.25, -0.2) is 0 Å². The van der Waals surface area contributed by atoms with E-state index in [4.69, 9.17) is 0 Å². The van der Waals surface area contributed by atoms with E-state index in [1.807, 2.05) is 48.2 Å². The molecular formula is C16H18N2OS. The SMILES string of the molecule is CN(C)c1cccc(C(=O)N2CCc3sccc3C2)c1. The van der Waals surface area contributed by atoms with Gasteiger partial charge in [0.25, 0.3) is 5.91 Å². The maximum atomic E-state index is 12.6. The molecule has 0 bridgehead atoms. The lowest BCUT2D eigenvalue weighted by Crippen LogP contribution is -2.35. The molecule has 3 rings (SSSR count). The molecule has 0 atom stereocenters. The second kappa shape index (κ2) is 5.29. The van der Waals surface area contributed by atoms with Crippen molar-refractivity contribution in [1.82, 2.24) is 4.90 Å². The molecule has 4 heteroatoms. The fraction of sp³-hybridized carbons (Fsp3) is 0.312. The molecule has 0 aliphatic carbocycles. The Morgan fingerprint density at radius 1 is 1.30 bits per heavy atom. The molecule has 0 radical (unpaired) electrons. The Kier molecular flexibility index (Phi) is 3.49. The van der Waals surface area contributed by atoms with Crippen LogP contribution in [0.4, 0.5) is 5.69 Å². The predicted molar refractivity (Wildman–Crippen MR) is 83.5 cm³/mol. The van der Waals surface area contributed by atoms with Crippen LogP contribution in [0.1, 0.15) is 20.8 Å². The summed E-state index contributed by atoms with van der Waals surface area (Å²) in [4.78, 5) is 18.0. The Labute approximate surface area is 123 Å². The minimum atomic E-state index is 0.130. The third-order valence-electron chi connectivity index (χ3n) is 3.70. The molecule has 0 N–H and O–H groups in total. The van der Waals surface area contributed by atoms with E-state index in [-0.39, 0.29) is 5.91 Å². The second-order valence-electron chi connectivity index (χ2n) is 5.29. The molecule has 0 saturated heterocycles. The number of carbonyl (C=O) groups is 1. The zero-order chi connectivity index (χ0) is 14.1. The van der Waals surface area contributed by atoms with Crippen molar-refractivity contribution in [3.05, 3.63) is 51.7 Å². The highest BCUT2D eigenvalue weighted by atomic mass is 32.1. The van der Waals surface area contributed by atoms with E-state index in [1.165, 1.54) is 10.4 Å². The number of hydrogen-bond donors (Lipinski definition) is 0. The summed E-state index contributed by atoms with van der Waals surface area (Å²) in [6, 6.07) is 9.96. The maximum absolute atomic E-state index is 12.6. The molecule has 1 aromatic carbocycles. The normalized spacial score (nSPS) is 14.0. The van der Waals surface area contributed by atoms with Gasteiger partial charge >= 0.3 is 0 Å². The van der Waals surface area contributed by atoms with Gasteiger partial charge in [0.2, 0.25) is 0 Å². The molecule has 0 spiro atoms. The average Bonchev–Trinajstić information content (AvgIpc) is 2.94. The van der Waals surface area contributed by atoms with Crippen LogP contribution >= 0.6 is 11.3 Å². The van der Waals surface area contributed by atoms with E-state index < -0.39 is 0 Å². The Hall–Kier alpha value is -1.81. The highest BCUT2D eigenvalue weighted by Gasteiger charge is 2.22. The fourth-order valence-electron chi connectivity index (χ4n) is 2.52. The lowest BCUT2D eigenvalue weighted by Gasteiger charge is -2.27. The molecule has 1 amide bonds. The van der Waals surface area contributed by atoms with Gasteiger partial charge < -0.3 is 9.80 Å². The first-order valence-corrected chi connectivity index (χ1v) is 7.65. The number of hydrogen-bond acceptors (Lipinski definition) is 3. The van der Waals surface area contributed by atoms with Crippen LogP contribution in [-0.2, 0) is 13.0 Å². The average molecular weight is 286 g/mol. The summed E-state index contributed by atoms with van der Waals surface area (Å²) in [5.41, 5.74) is 3.14. The molecule has 2 aromatic rings. The molecular weight excluding hydrogens is 268 g/mol. The van der Waals surface area contributed by atoms with E-state index in [0.717, 1.165) is 30.8 Å². The molecule has 1 aromatic heterocycles. The van der Waals surface area contributed by atoms with Gasteiger partial charge in [0, 0.05) is 43.3 Å². The van der Waals surface area contributed by atoms with E-state index in [0.29, 0.717) is 0 Å². The van der Waals surface area contributed by atoms with E-state index >= 15 is 0 Å². The highest BCUT2D eigenvalue weighted by Crippen LogP contribution is 2.25. The number of fused-ring (bicyclic) bond motifs is 1. The predicted octanol–water partition coefficient (Wildman–Crippen LogP) is 3.01. The van der Waals surface area contributed by atoms with Crippen molar-refractivity contribution in [3.8, 4) is 0 Å².